The summed E-state index contributed by atoms with van der Waals surface area (Å²) in [4.78, 5) is 26.1. The maximum atomic E-state index is 12.3. The van der Waals surface area contributed by atoms with Crippen LogP contribution in [0.3, 0.4) is 0 Å². The van der Waals surface area contributed by atoms with E-state index in [1.54, 1.807) is 0 Å². The Morgan fingerprint density at radius 1 is 1.25 bits per heavy atom. The number of aryl methyl sites for hydroxylation is 1. The first kappa shape index (κ1) is 20.6. The van der Waals surface area contributed by atoms with Gasteiger partial charge in [-0.2, -0.15) is 5.10 Å². The maximum Gasteiger partial charge on any atom is 0.235 e. The number of aromatic nitrogens is 2. The van der Waals surface area contributed by atoms with Gasteiger partial charge in [0.2, 0.25) is 11.8 Å². The van der Waals surface area contributed by atoms with Crippen LogP contribution in [0.5, 0.6) is 0 Å². The molecule has 0 aliphatic carbocycles. The molecule has 3 atom stereocenters. The van der Waals surface area contributed by atoms with Crippen molar-refractivity contribution >= 4 is 40.8 Å². The Bertz CT molecular complexity index is 896. The predicted octanol–water partition coefficient (Wildman–Crippen LogP) is 1.95. The van der Waals surface area contributed by atoms with E-state index in [4.69, 9.17) is 0 Å². The Labute approximate surface area is 171 Å². The molecule has 1 unspecified atom stereocenters. The molecule has 0 radical (unpaired) electrons. The molecule has 1 aromatic heterocycles. The van der Waals surface area contributed by atoms with E-state index in [1.807, 2.05) is 18.8 Å². The second kappa shape index (κ2) is 8.09. The molecular weight excluding hydrogens is 378 g/mol. The number of halogens is 1. The molecule has 0 bridgehead atoms. The van der Waals surface area contributed by atoms with Crippen molar-refractivity contribution in [2.24, 2.45) is 13.0 Å². The molecule has 2 aliphatic rings. The molecule has 2 aromatic rings. The summed E-state index contributed by atoms with van der Waals surface area (Å²) in [6.45, 7) is 4.34. The lowest BCUT2D eigenvalue weighted by atomic mass is 9.92. The third-order valence-corrected chi connectivity index (χ3v) is 6.07. The van der Waals surface area contributed by atoms with Crippen LogP contribution in [-0.4, -0.2) is 47.8 Å². The van der Waals surface area contributed by atoms with Crippen molar-refractivity contribution in [2.75, 3.05) is 25.0 Å². The minimum Gasteiger partial charge on any atom is -0.371 e. The summed E-state index contributed by atoms with van der Waals surface area (Å²) in [5, 5.41) is 11.5. The zero-order valence-corrected chi connectivity index (χ0v) is 17.4. The molecule has 2 aliphatic heterocycles. The average molecular weight is 406 g/mol. The number of piperidine rings is 2. The molecule has 7 nitrogen and oxygen atoms in total. The number of hydrogen-bond donors (Lipinski definition) is 2. The van der Waals surface area contributed by atoms with Crippen LogP contribution in [0.15, 0.2) is 18.2 Å². The summed E-state index contributed by atoms with van der Waals surface area (Å²) in [6, 6.07) is 6.95. The summed E-state index contributed by atoms with van der Waals surface area (Å²) in [5.41, 5.74) is 2.99. The number of fused-ring (bicyclic) bond motifs is 1. The first-order valence-electron chi connectivity index (χ1n) is 9.70. The Balaban J connectivity index is 0.00000225. The molecule has 152 valence electrons. The number of nitrogens with zero attached hydrogens (tertiary/aromatic N) is 3. The Hall–Kier alpha value is -2.12. The lowest BCUT2D eigenvalue weighted by molar-refractivity contribution is -0.134. The number of hydrogen-bond acceptors (Lipinski definition) is 5. The average Bonchev–Trinajstić information content (AvgIpc) is 2.97. The van der Waals surface area contributed by atoms with E-state index in [0.29, 0.717) is 24.8 Å². The first-order chi connectivity index (χ1) is 13.0. The van der Waals surface area contributed by atoms with Gasteiger partial charge in [0.25, 0.3) is 0 Å². The van der Waals surface area contributed by atoms with E-state index in [2.05, 4.69) is 45.8 Å². The predicted molar refractivity (Wildman–Crippen MR) is 112 cm³/mol. The first-order valence-corrected chi connectivity index (χ1v) is 9.70. The van der Waals surface area contributed by atoms with Crippen molar-refractivity contribution in [1.29, 1.82) is 0 Å². The molecule has 2 fully saturated rings. The fraction of sp³-hybridized carbons (Fsp3) is 0.550. The normalized spacial score (nSPS) is 25.5. The highest BCUT2D eigenvalue weighted by Gasteiger charge is 2.32. The van der Waals surface area contributed by atoms with E-state index in [-0.39, 0.29) is 30.1 Å². The Morgan fingerprint density at radius 2 is 2.04 bits per heavy atom. The van der Waals surface area contributed by atoms with Gasteiger partial charge in [0.15, 0.2) is 0 Å². The lowest BCUT2D eigenvalue weighted by Gasteiger charge is -2.38. The van der Waals surface area contributed by atoms with Gasteiger partial charge in [0.1, 0.15) is 0 Å². The lowest BCUT2D eigenvalue weighted by Crippen LogP contribution is -2.47. The van der Waals surface area contributed by atoms with Crippen LogP contribution in [0.4, 0.5) is 5.69 Å². The van der Waals surface area contributed by atoms with Gasteiger partial charge in [0, 0.05) is 43.7 Å². The van der Waals surface area contributed by atoms with Crippen LogP contribution < -0.4 is 15.5 Å². The highest BCUT2D eigenvalue weighted by Crippen LogP contribution is 2.33. The van der Waals surface area contributed by atoms with Crippen LogP contribution in [-0.2, 0) is 16.6 Å². The largest absolute Gasteiger partial charge is 0.371 e. The molecule has 1 aromatic carbocycles. The number of amides is 2. The number of nitrogens with one attached hydrogen (secondary N) is 2. The molecule has 2 saturated heterocycles. The van der Waals surface area contributed by atoms with Gasteiger partial charge >= 0.3 is 0 Å². The summed E-state index contributed by atoms with van der Waals surface area (Å²) in [5.74, 6) is -0.204. The van der Waals surface area contributed by atoms with E-state index in [9.17, 15) is 9.59 Å². The van der Waals surface area contributed by atoms with Crippen molar-refractivity contribution in [2.45, 2.75) is 38.1 Å². The van der Waals surface area contributed by atoms with E-state index in [0.717, 1.165) is 36.1 Å². The van der Waals surface area contributed by atoms with Crippen molar-refractivity contribution in [1.82, 2.24) is 20.4 Å². The Kier molecular flexibility index (Phi) is 5.95. The molecule has 28 heavy (non-hydrogen) atoms. The van der Waals surface area contributed by atoms with Gasteiger partial charge in [-0.05, 0) is 44.0 Å². The molecular formula is C20H28ClN5O2. The van der Waals surface area contributed by atoms with Gasteiger partial charge in [-0.3, -0.25) is 19.6 Å². The van der Waals surface area contributed by atoms with Crippen molar-refractivity contribution in [3.8, 4) is 0 Å². The molecule has 2 N–H and O–H groups in total. The van der Waals surface area contributed by atoms with E-state index < -0.39 is 0 Å². The smallest absolute Gasteiger partial charge is 0.235 e. The van der Waals surface area contributed by atoms with Crippen LogP contribution in [0.25, 0.3) is 10.9 Å². The number of anilines is 1. The highest BCUT2D eigenvalue weighted by molar-refractivity contribution is 6.02. The summed E-state index contributed by atoms with van der Waals surface area (Å²) < 4.78 is 1.85. The number of imide groups is 1. The summed E-state index contributed by atoms with van der Waals surface area (Å²) in [7, 11) is 3.95. The van der Waals surface area contributed by atoms with Gasteiger partial charge in [-0.1, -0.05) is 6.92 Å². The van der Waals surface area contributed by atoms with Gasteiger partial charge < -0.3 is 10.2 Å². The minimum absolute atomic E-state index is 0. The van der Waals surface area contributed by atoms with Crippen molar-refractivity contribution < 1.29 is 9.59 Å². The third kappa shape index (κ3) is 3.61. The fourth-order valence-electron chi connectivity index (χ4n) is 4.49. The van der Waals surface area contributed by atoms with Crippen LogP contribution in [0.2, 0.25) is 0 Å². The van der Waals surface area contributed by atoms with Crippen LogP contribution >= 0.6 is 12.4 Å². The standard InChI is InChI=1S/C20H27N5O2.ClH/c1-12-11-25(9-8-16(12)21-2)13-4-5-14-17(10-13)24(3)23-19(14)15-6-7-18(26)22-20(15)27;/h4-5,10,12,15-16,21H,6-9,11H2,1-3H3,(H,22,26,27);1H/t12-,15?,16+;/m1./s1. The minimum atomic E-state index is -0.358. The summed E-state index contributed by atoms with van der Waals surface area (Å²) in [6.07, 6.45) is 2.01. The van der Waals surface area contributed by atoms with Gasteiger partial charge in [-0.15, -0.1) is 12.4 Å². The van der Waals surface area contributed by atoms with Crippen LogP contribution in [0.1, 0.15) is 37.8 Å². The number of carbonyl (C=O) groups excluding carboxylic acids is 2. The zero-order valence-electron chi connectivity index (χ0n) is 16.6. The van der Waals surface area contributed by atoms with E-state index in [1.165, 1.54) is 5.69 Å². The maximum absolute atomic E-state index is 12.3. The summed E-state index contributed by atoms with van der Waals surface area (Å²) >= 11 is 0. The second-order valence-corrected chi connectivity index (χ2v) is 7.82. The highest BCUT2D eigenvalue weighted by atomic mass is 35.5. The van der Waals surface area contributed by atoms with Crippen molar-refractivity contribution in [3.05, 3.63) is 23.9 Å². The molecule has 2 amide bonds. The molecule has 4 rings (SSSR count). The van der Waals surface area contributed by atoms with E-state index >= 15 is 0 Å². The van der Waals surface area contributed by atoms with Gasteiger partial charge in [-0.25, -0.2) is 0 Å². The zero-order chi connectivity index (χ0) is 19.1. The molecule has 0 spiro atoms. The molecule has 3 heterocycles. The quantitative estimate of drug-likeness (QED) is 0.763. The second-order valence-electron chi connectivity index (χ2n) is 7.82. The number of rotatable bonds is 3. The fourth-order valence-corrected chi connectivity index (χ4v) is 4.49. The molecule has 8 heteroatoms. The SMILES string of the molecule is CN[C@H]1CCN(c2ccc3c(C4CCC(=O)NC4=O)nn(C)c3c2)C[C@H]1C.Cl. The topological polar surface area (TPSA) is 79.3 Å². The number of carbonyl (C=O) groups is 2. The van der Waals surface area contributed by atoms with Crippen molar-refractivity contribution in [3.63, 3.8) is 0 Å². The monoisotopic (exact) mass is 405 g/mol. The van der Waals surface area contributed by atoms with Crippen LogP contribution in [0, 0.1) is 5.92 Å². The Morgan fingerprint density at radius 3 is 2.71 bits per heavy atom. The van der Waals surface area contributed by atoms with Gasteiger partial charge in [0.05, 0.1) is 17.1 Å². The number of benzene rings is 1. The third-order valence-electron chi connectivity index (χ3n) is 6.07. The molecule has 0 saturated carbocycles.